The maximum absolute atomic E-state index is 12.4. The lowest BCUT2D eigenvalue weighted by atomic mass is 9.49. The van der Waals surface area contributed by atoms with Gasteiger partial charge in [-0.15, -0.1) is 6.58 Å². The summed E-state index contributed by atoms with van der Waals surface area (Å²) in [6, 6.07) is 0. The maximum Gasteiger partial charge on any atom is 0.344 e. The lowest BCUT2D eigenvalue weighted by molar-refractivity contribution is -0.214. The first kappa shape index (κ1) is 19.2. The molecular formula is C21H30O5. The van der Waals surface area contributed by atoms with E-state index in [0.717, 1.165) is 18.3 Å². The van der Waals surface area contributed by atoms with Crippen LogP contribution >= 0.6 is 0 Å². The monoisotopic (exact) mass is 362 g/mol. The number of esters is 2. The Morgan fingerprint density at radius 3 is 2.23 bits per heavy atom. The molecule has 26 heavy (non-hydrogen) atoms. The summed E-state index contributed by atoms with van der Waals surface area (Å²) in [6.07, 6.45) is 8.47. The first-order valence-electron chi connectivity index (χ1n) is 9.73. The molecule has 4 aliphatic carbocycles. The van der Waals surface area contributed by atoms with Crippen molar-refractivity contribution in [1.82, 2.24) is 0 Å². The summed E-state index contributed by atoms with van der Waals surface area (Å²) in [5.74, 6) is 1.48. The van der Waals surface area contributed by atoms with E-state index >= 15 is 0 Å². The van der Waals surface area contributed by atoms with Gasteiger partial charge >= 0.3 is 11.9 Å². The van der Waals surface area contributed by atoms with Crippen molar-refractivity contribution in [1.29, 1.82) is 0 Å². The standard InChI is InChI=1S/C21H30O5/c1-4-6-24-12-14(3)20(23)25-13-19(22)26-21(5-2)17-8-15-7-16(10-17)11-18(21)9-15/h4,15-18H,1,3,5-13H2,2H3. The Hall–Kier alpha value is -1.62. The van der Waals surface area contributed by atoms with Crippen LogP contribution in [0.5, 0.6) is 0 Å². The van der Waals surface area contributed by atoms with Crippen LogP contribution in [0, 0.1) is 23.7 Å². The minimum Gasteiger partial charge on any atom is -0.456 e. The summed E-state index contributed by atoms with van der Waals surface area (Å²) in [6.45, 7) is 9.29. The predicted octanol–water partition coefficient (Wildman–Crippen LogP) is 3.44. The fourth-order valence-corrected chi connectivity index (χ4v) is 5.59. The van der Waals surface area contributed by atoms with Gasteiger partial charge in [-0.1, -0.05) is 19.6 Å². The molecule has 4 bridgehead atoms. The van der Waals surface area contributed by atoms with Gasteiger partial charge in [-0.25, -0.2) is 9.59 Å². The van der Waals surface area contributed by atoms with Crippen molar-refractivity contribution in [2.24, 2.45) is 23.7 Å². The molecule has 144 valence electrons. The Bertz CT molecular complexity index is 551. The highest BCUT2D eigenvalue weighted by Crippen LogP contribution is 2.60. The quantitative estimate of drug-likeness (QED) is 0.272. The molecule has 0 amide bonds. The molecule has 0 atom stereocenters. The van der Waals surface area contributed by atoms with Gasteiger partial charge in [0.25, 0.3) is 0 Å². The molecule has 0 saturated heterocycles. The van der Waals surface area contributed by atoms with Crippen molar-refractivity contribution in [2.75, 3.05) is 19.8 Å². The zero-order valence-electron chi connectivity index (χ0n) is 15.7. The van der Waals surface area contributed by atoms with Crippen molar-refractivity contribution in [3.8, 4) is 0 Å². The third-order valence-electron chi connectivity index (χ3n) is 6.50. The van der Waals surface area contributed by atoms with Crippen molar-refractivity contribution in [3.63, 3.8) is 0 Å². The smallest absolute Gasteiger partial charge is 0.344 e. The molecular weight excluding hydrogens is 332 g/mol. The Kier molecular flexibility index (Phi) is 5.86. The van der Waals surface area contributed by atoms with Gasteiger partial charge in [0, 0.05) is 0 Å². The summed E-state index contributed by atoms with van der Waals surface area (Å²) >= 11 is 0. The average Bonchev–Trinajstić information content (AvgIpc) is 2.62. The lowest BCUT2D eigenvalue weighted by Crippen LogP contribution is -2.59. The molecule has 0 spiro atoms. The van der Waals surface area contributed by atoms with E-state index in [0.29, 0.717) is 18.4 Å². The van der Waals surface area contributed by atoms with Crippen LogP contribution in [-0.4, -0.2) is 37.4 Å². The van der Waals surface area contributed by atoms with Crippen molar-refractivity contribution >= 4 is 11.9 Å². The van der Waals surface area contributed by atoms with E-state index < -0.39 is 11.9 Å². The summed E-state index contributed by atoms with van der Waals surface area (Å²) in [4.78, 5) is 24.3. The zero-order chi connectivity index (χ0) is 18.7. The highest BCUT2D eigenvalue weighted by Gasteiger charge is 2.58. The fraction of sp³-hybridized carbons (Fsp3) is 0.714. The van der Waals surface area contributed by atoms with Gasteiger partial charge < -0.3 is 14.2 Å². The van der Waals surface area contributed by atoms with E-state index in [4.69, 9.17) is 14.2 Å². The van der Waals surface area contributed by atoms with E-state index in [1.54, 1.807) is 6.08 Å². The topological polar surface area (TPSA) is 61.8 Å². The molecule has 5 nitrogen and oxygen atoms in total. The van der Waals surface area contributed by atoms with Gasteiger partial charge in [0.15, 0.2) is 6.61 Å². The molecule has 0 aliphatic heterocycles. The van der Waals surface area contributed by atoms with Crippen molar-refractivity contribution < 1.29 is 23.8 Å². The van der Waals surface area contributed by atoms with Crippen LogP contribution in [0.25, 0.3) is 0 Å². The second-order valence-electron chi connectivity index (χ2n) is 8.07. The van der Waals surface area contributed by atoms with Crippen molar-refractivity contribution in [3.05, 3.63) is 24.8 Å². The Balaban J connectivity index is 1.51. The van der Waals surface area contributed by atoms with Gasteiger partial charge in [0.2, 0.25) is 0 Å². The molecule has 5 heteroatoms. The van der Waals surface area contributed by atoms with Gasteiger partial charge in [-0.3, -0.25) is 0 Å². The summed E-state index contributed by atoms with van der Waals surface area (Å²) < 4.78 is 16.2. The normalized spacial score (nSPS) is 34.3. The van der Waals surface area contributed by atoms with Crippen LogP contribution in [0.4, 0.5) is 0 Å². The average molecular weight is 362 g/mol. The molecule has 4 rings (SSSR count). The lowest BCUT2D eigenvalue weighted by Gasteiger charge is -2.60. The zero-order valence-corrected chi connectivity index (χ0v) is 15.7. The highest BCUT2D eigenvalue weighted by molar-refractivity contribution is 5.89. The summed E-state index contributed by atoms with van der Waals surface area (Å²) in [5.41, 5.74) is -0.180. The summed E-state index contributed by atoms with van der Waals surface area (Å²) in [5, 5.41) is 0. The molecule has 0 aromatic rings. The molecule has 0 heterocycles. The second-order valence-corrected chi connectivity index (χ2v) is 8.07. The van der Waals surface area contributed by atoms with Crippen LogP contribution < -0.4 is 0 Å². The third-order valence-corrected chi connectivity index (χ3v) is 6.50. The minimum atomic E-state index is -0.623. The first-order chi connectivity index (χ1) is 12.5. The summed E-state index contributed by atoms with van der Waals surface area (Å²) in [7, 11) is 0. The molecule has 0 N–H and O–H groups in total. The number of hydrogen-bond acceptors (Lipinski definition) is 5. The maximum atomic E-state index is 12.4. The molecule has 0 aromatic heterocycles. The number of hydrogen-bond donors (Lipinski definition) is 0. The van der Waals surface area contributed by atoms with Gasteiger partial charge in [0.1, 0.15) is 5.60 Å². The van der Waals surface area contributed by atoms with Crippen LogP contribution in [0.15, 0.2) is 24.8 Å². The van der Waals surface area contributed by atoms with Crippen LogP contribution in [0.2, 0.25) is 0 Å². The van der Waals surface area contributed by atoms with Gasteiger partial charge in [-0.2, -0.15) is 0 Å². The van der Waals surface area contributed by atoms with E-state index in [1.165, 1.54) is 32.1 Å². The van der Waals surface area contributed by atoms with Crippen molar-refractivity contribution in [2.45, 2.75) is 51.0 Å². The number of ether oxygens (including phenoxy) is 3. The molecule has 0 radical (unpaired) electrons. The molecule has 0 aromatic carbocycles. The van der Waals surface area contributed by atoms with Gasteiger partial charge in [0.05, 0.1) is 18.8 Å². The third kappa shape index (κ3) is 3.73. The second kappa shape index (κ2) is 7.95. The Labute approximate surface area is 155 Å². The number of carbonyl (C=O) groups is 2. The Morgan fingerprint density at radius 1 is 1.08 bits per heavy atom. The number of rotatable bonds is 9. The largest absolute Gasteiger partial charge is 0.456 e. The number of carbonyl (C=O) groups excluding carboxylic acids is 2. The molecule has 0 unspecified atom stereocenters. The Morgan fingerprint density at radius 2 is 1.69 bits per heavy atom. The van der Waals surface area contributed by atoms with E-state index in [1.807, 2.05) is 0 Å². The SMILES string of the molecule is C=CCOCC(=C)C(=O)OCC(=O)OC1(CC)C2CC3CC(C2)CC1C3. The minimum absolute atomic E-state index is 0.0612. The van der Waals surface area contributed by atoms with Crippen LogP contribution in [0.3, 0.4) is 0 Å². The fourth-order valence-electron chi connectivity index (χ4n) is 5.59. The van der Waals surface area contributed by atoms with E-state index in [2.05, 4.69) is 20.1 Å². The van der Waals surface area contributed by atoms with E-state index in [9.17, 15) is 9.59 Å². The molecule has 4 saturated carbocycles. The van der Waals surface area contributed by atoms with E-state index in [-0.39, 0.29) is 24.4 Å². The predicted molar refractivity (Wildman–Crippen MR) is 97.3 cm³/mol. The molecule has 4 aliphatic rings. The first-order valence-corrected chi connectivity index (χ1v) is 9.73. The van der Waals surface area contributed by atoms with Crippen LogP contribution in [-0.2, 0) is 23.8 Å². The van der Waals surface area contributed by atoms with Gasteiger partial charge in [-0.05, 0) is 62.2 Å². The highest BCUT2D eigenvalue weighted by atomic mass is 16.6. The molecule has 4 fully saturated rings. The van der Waals surface area contributed by atoms with Crippen LogP contribution in [0.1, 0.15) is 45.4 Å².